The van der Waals surface area contributed by atoms with Gasteiger partial charge < -0.3 is 20.1 Å². The predicted octanol–water partition coefficient (Wildman–Crippen LogP) is 4.14. The van der Waals surface area contributed by atoms with E-state index in [4.69, 9.17) is 9.47 Å². The molecule has 2 aromatic carbocycles. The van der Waals surface area contributed by atoms with Gasteiger partial charge in [0.15, 0.2) is 12.4 Å². The zero-order chi connectivity index (χ0) is 25.6. The Kier molecular flexibility index (Phi) is 11.1. The fraction of sp³-hybridized carbons (Fsp3) is 0.346. The molecule has 186 valence electrons. The lowest BCUT2D eigenvalue weighted by Crippen LogP contribution is -2.21. The number of unbranched alkanes of at least 4 members (excludes halogenated alkanes) is 1. The summed E-state index contributed by atoms with van der Waals surface area (Å²) in [5, 5.41) is 5.26. The number of hydrogen-bond acceptors (Lipinski definition) is 7. The molecule has 0 heterocycles. The molecule has 2 amide bonds. The number of benzene rings is 2. The Hall–Kier alpha value is -4.01. The van der Waals surface area contributed by atoms with Crippen molar-refractivity contribution in [3.05, 3.63) is 59.7 Å². The van der Waals surface area contributed by atoms with Crippen LogP contribution in [0.3, 0.4) is 0 Å². The number of rotatable bonds is 13. The fourth-order valence-electron chi connectivity index (χ4n) is 2.90. The first-order valence-electron chi connectivity index (χ1n) is 11.4. The van der Waals surface area contributed by atoms with E-state index in [1.807, 2.05) is 6.92 Å². The van der Waals surface area contributed by atoms with Gasteiger partial charge in [-0.1, -0.05) is 13.3 Å². The normalized spacial score (nSPS) is 10.2. The van der Waals surface area contributed by atoms with Crippen molar-refractivity contribution in [2.75, 3.05) is 23.8 Å². The maximum Gasteiger partial charge on any atom is 0.338 e. The number of esters is 2. The van der Waals surface area contributed by atoms with Crippen LogP contribution in [0.15, 0.2) is 48.5 Å². The van der Waals surface area contributed by atoms with E-state index in [0.717, 1.165) is 12.8 Å². The van der Waals surface area contributed by atoms with Crippen molar-refractivity contribution in [3.63, 3.8) is 0 Å². The Morgan fingerprint density at radius 1 is 0.714 bits per heavy atom. The van der Waals surface area contributed by atoms with Crippen LogP contribution in [0.1, 0.15) is 66.7 Å². The molecule has 0 spiro atoms. The highest BCUT2D eigenvalue weighted by atomic mass is 16.5. The van der Waals surface area contributed by atoms with E-state index in [2.05, 4.69) is 10.6 Å². The topological polar surface area (TPSA) is 128 Å². The third kappa shape index (κ3) is 10.2. The van der Waals surface area contributed by atoms with Crippen LogP contribution >= 0.6 is 0 Å². The molecule has 0 saturated heterocycles. The molecule has 0 aliphatic rings. The molecule has 0 saturated carbocycles. The quantitative estimate of drug-likeness (QED) is 0.249. The summed E-state index contributed by atoms with van der Waals surface area (Å²) < 4.78 is 10.1. The van der Waals surface area contributed by atoms with Crippen LogP contribution in [0.25, 0.3) is 0 Å². The van der Waals surface area contributed by atoms with Crippen LogP contribution in [0.2, 0.25) is 0 Å². The van der Waals surface area contributed by atoms with Crippen molar-refractivity contribution in [1.29, 1.82) is 0 Å². The van der Waals surface area contributed by atoms with Crippen molar-refractivity contribution in [1.82, 2.24) is 0 Å². The number of hydrogen-bond donors (Lipinski definition) is 2. The Morgan fingerprint density at radius 2 is 1.29 bits per heavy atom. The number of ketones is 1. The van der Waals surface area contributed by atoms with E-state index in [1.54, 1.807) is 48.5 Å². The maximum atomic E-state index is 12.1. The van der Waals surface area contributed by atoms with Crippen molar-refractivity contribution < 1.29 is 33.4 Å². The molecule has 2 N–H and O–H groups in total. The number of Topliss-reactive ketones (excluding diaryl/α,β-unsaturated/α-hetero) is 1. The van der Waals surface area contributed by atoms with Crippen molar-refractivity contribution in [2.45, 2.75) is 46.0 Å². The molecule has 0 aliphatic heterocycles. The zero-order valence-corrected chi connectivity index (χ0v) is 19.9. The second-order valence-corrected chi connectivity index (χ2v) is 7.81. The average molecular weight is 483 g/mol. The first-order valence-corrected chi connectivity index (χ1v) is 11.4. The van der Waals surface area contributed by atoms with Crippen LogP contribution in [0.5, 0.6) is 0 Å². The zero-order valence-electron chi connectivity index (χ0n) is 19.9. The van der Waals surface area contributed by atoms with Crippen LogP contribution in [0.4, 0.5) is 11.4 Å². The SMILES string of the molecule is CCCCOC(=O)c1ccc(NC(=O)CCCC(=O)OCC(=O)Nc2ccc(C(C)=O)cc2)cc1. The monoisotopic (exact) mass is 482 g/mol. The summed E-state index contributed by atoms with van der Waals surface area (Å²) >= 11 is 0. The van der Waals surface area contributed by atoms with Crippen LogP contribution < -0.4 is 10.6 Å². The molecule has 0 aromatic heterocycles. The Morgan fingerprint density at radius 3 is 1.86 bits per heavy atom. The second kappa shape index (κ2) is 14.3. The number of carbonyl (C=O) groups is 5. The van der Waals surface area contributed by atoms with Crippen molar-refractivity contribution >= 4 is 40.9 Å². The summed E-state index contributed by atoms with van der Waals surface area (Å²) in [5.74, 6) is -1.88. The largest absolute Gasteiger partial charge is 0.462 e. The number of nitrogens with one attached hydrogen (secondary N) is 2. The van der Waals surface area contributed by atoms with E-state index >= 15 is 0 Å². The number of ether oxygens (including phenoxy) is 2. The first-order chi connectivity index (χ1) is 16.8. The second-order valence-electron chi connectivity index (χ2n) is 7.81. The standard InChI is InChI=1S/C26H30N2O7/c1-3-4-16-34-26(33)20-10-14-21(15-11-20)27-23(30)6-5-7-25(32)35-17-24(31)28-22-12-8-19(9-13-22)18(2)29/h8-15H,3-7,16-17H2,1-2H3,(H,27,30)(H,28,31). The first kappa shape index (κ1) is 27.2. The molecule has 2 rings (SSSR count). The molecule has 0 atom stereocenters. The van der Waals surface area contributed by atoms with Gasteiger partial charge in [-0.2, -0.15) is 0 Å². The summed E-state index contributed by atoms with van der Waals surface area (Å²) in [4.78, 5) is 59.0. The molecule has 0 bridgehead atoms. The molecule has 0 radical (unpaired) electrons. The molecule has 9 heteroatoms. The van der Waals surface area contributed by atoms with Gasteiger partial charge in [-0.3, -0.25) is 19.2 Å². The fourth-order valence-corrected chi connectivity index (χ4v) is 2.90. The number of amides is 2. The third-order valence-corrected chi connectivity index (χ3v) is 4.86. The van der Waals surface area contributed by atoms with Gasteiger partial charge in [0.05, 0.1) is 12.2 Å². The van der Waals surface area contributed by atoms with Gasteiger partial charge >= 0.3 is 11.9 Å². The van der Waals surface area contributed by atoms with Gasteiger partial charge in [-0.05, 0) is 68.3 Å². The van der Waals surface area contributed by atoms with Crippen LogP contribution in [0, 0.1) is 0 Å². The molecule has 35 heavy (non-hydrogen) atoms. The number of anilines is 2. The van der Waals surface area contributed by atoms with Crippen LogP contribution in [-0.4, -0.2) is 42.7 Å². The minimum absolute atomic E-state index is 0.0173. The summed E-state index contributed by atoms with van der Waals surface area (Å²) in [6.07, 6.45) is 2.06. The van der Waals surface area contributed by atoms with Gasteiger partial charge in [0.2, 0.25) is 5.91 Å². The smallest absolute Gasteiger partial charge is 0.338 e. The van der Waals surface area contributed by atoms with Crippen LogP contribution in [-0.2, 0) is 23.9 Å². The van der Waals surface area contributed by atoms with Gasteiger partial charge in [-0.25, -0.2) is 4.79 Å². The summed E-state index contributed by atoms with van der Waals surface area (Å²) in [6, 6.07) is 12.7. The van der Waals surface area contributed by atoms with Gasteiger partial charge in [0, 0.05) is 29.8 Å². The molecule has 2 aromatic rings. The highest BCUT2D eigenvalue weighted by Gasteiger charge is 2.11. The minimum atomic E-state index is -0.592. The third-order valence-electron chi connectivity index (χ3n) is 4.86. The molecular formula is C26H30N2O7. The molecule has 9 nitrogen and oxygen atoms in total. The highest BCUT2D eigenvalue weighted by Crippen LogP contribution is 2.13. The summed E-state index contributed by atoms with van der Waals surface area (Å²) in [5.41, 5.74) is 1.93. The lowest BCUT2D eigenvalue weighted by molar-refractivity contribution is -0.147. The molecular weight excluding hydrogens is 452 g/mol. The van der Waals surface area contributed by atoms with E-state index < -0.39 is 24.5 Å². The van der Waals surface area contributed by atoms with Crippen molar-refractivity contribution in [2.24, 2.45) is 0 Å². The lowest BCUT2D eigenvalue weighted by Gasteiger charge is -2.08. The average Bonchev–Trinajstić information content (AvgIpc) is 2.83. The summed E-state index contributed by atoms with van der Waals surface area (Å²) in [7, 11) is 0. The van der Waals surface area contributed by atoms with Gasteiger partial charge in [-0.15, -0.1) is 0 Å². The van der Waals surface area contributed by atoms with E-state index in [9.17, 15) is 24.0 Å². The predicted molar refractivity (Wildman–Crippen MR) is 130 cm³/mol. The molecule has 0 unspecified atom stereocenters. The Bertz CT molecular complexity index is 1030. The Labute approximate surface area is 204 Å². The molecule has 0 fully saturated rings. The lowest BCUT2D eigenvalue weighted by atomic mass is 10.1. The van der Waals surface area contributed by atoms with Crippen molar-refractivity contribution in [3.8, 4) is 0 Å². The van der Waals surface area contributed by atoms with E-state index in [1.165, 1.54) is 6.92 Å². The minimum Gasteiger partial charge on any atom is -0.462 e. The van der Waals surface area contributed by atoms with Gasteiger partial charge in [0.1, 0.15) is 0 Å². The molecule has 0 aliphatic carbocycles. The van der Waals surface area contributed by atoms with E-state index in [-0.39, 0.29) is 31.0 Å². The number of carbonyl (C=O) groups excluding carboxylic acids is 5. The Balaban J connectivity index is 1.64. The summed E-state index contributed by atoms with van der Waals surface area (Å²) in [6.45, 7) is 3.38. The van der Waals surface area contributed by atoms with E-state index in [0.29, 0.717) is 29.1 Å². The maximum absolute atomic E-state index is 12.1. The highest BCUT2D eigenvalue weighted by molar-refractivity contribution is 5.96. The van der Waals surface area contributed by atoms with Gasteiger partial charge in [0.25, 0.3) is 5.91 Å².